The molecule has 140 valence electrons. The normalized spacial score (nSPS) is 18.7. The molecular formula is C18H29N3O3S. The van der Waals surface area contributed by atoms with Gasteiger partial charge in [-0.1, -0.05) is 13.3 Å². The molecule has 1 saturated heterocycles. The van der Waals surface area contributed by atoms with Crippen LogP contribution in [0, 0.1) is 0 Å². The summed E-state index contributed by atoms with van der Waals surface area (Å²) in [4.78, 5) is 14.7. The zero-order valence-corrected chi connectivity index (χ0v) is 15.9. The lowest BCUT2D eigenvalue weighted by atomic mass is 10.00. The summed E-state index contributed by atoms with van der Waals surface area (Å²) >= 11 is 0. The first kappa shape index (κ1) is 19.7. The molecule has 0 unspecified atom stereocenters. The minimum atomic E-state index is -3.30. The van der Waals surface area contributed by atoms with Crippen molar-refractivity contribution < 1.29 is 13.2 Å². The Kier molecular flexibility index (Phi) is 7.25. The zero-order valence-electron chi connectivity index (χ0n) is 15.1. The fourth-order valence-corrected chi connectivity index (χ4v) is 3.87. The van der Waals surface area contributed by atoms with Crippen molar-refractivity contribution in [2.75, 3.05) is 30.6 Å². The van der Waals surface area contributed by atoms with Gasteiger partial charge in [-0.2, -0.15) is 0 Å². The van der Waals surface area contributed by atoms with E-state index in [1.807, 2.05) is 0 Å². The van der Waals surface area contributed by atoms with E-state index in [-0.39, 0.29) is 5.91 Å². The first-order valence-corrected chi connectivity index (χ1v) is 10.9. The molecule has 1 aliphatic heterocycles. The second kappa shape index (κ2) is 9.20. The fraction of sp³-hybridized carbons (Fsp3) is 0.611. The molecule has 0 bridgehead atoms. The van der Waals surface area contributed by atoms with Crippen LogP contribution in [0.3, 0.4) is 0 Å². The number of carbonyl (C=O) groups is 1. The van der Waals surface area contributed by atoms with Gasteiger partial charge >= 0.3 is 0 Å². The van der Waals surface area contributed by atoms with E-state index in [4.69, 9.17) is 0 Å². The Morgan fingerprint density at radius 2 is 1.96 bits per heavy atom. The average molecular weight is 368 g/mol. The number of anilines is 1. The predicted molar refractivity (Wildman–Crippen MR) is 101 cm³/mol. The number of likely N-dealkylation sites (tertiary alicyclic amines) is 1. The molecule has 1 amide bonds. The molecule has 1 atom stereocenters. The molecule has 0 aromatic heterocycles. The second-order valence-electron chi connectivity index (χ2n) is 6.65. The third kappa shape index (κ3) is 6.66. The summed E-state index contributed by atoms with van der Waals surface area (Å²) in [6.45, 7) is 5.08. The van der Waals surface area contributed by atoms with E-state index in [1.54, 1.807) is 24.3 Å². The van der Waals surface area contributed by atoms with Gasteiger partial charge in [0.1, 0.15) is 0 Å². The number of piperidine rings is 1. The van der Waals surface area contributed by atoms with Crippen LogP contribution in [0.1, 0.15) is 49.4 Å². The van der Waals surface area contributed by atoms with Crippen LogP contribution in [0.15, 0.2) is 24.3 Å². The highest BCUT2D eigenvalue weighted by atomic mass is 32.2. The number of benzene rings is 1. The number of nitrogens with one attached hydrogen (secondary N) is 2. The van der Waals surface area contributed by atoms with Crippen LogP contribution in [-0.2, 0) is 10.0 Å². The van der Waals surface area contributed by atoms with Gasteiger partial charge in [0.2, 0.25) is 10.0 Å². The van der Waals surface area contributed by atoms with E-state index >= 15 is 0 Å². The molecule has 0 spiro atoms. The molecule has 7 heteroatoms. The molecule has 2 rings (SSSR count). The van der Waals surface area contributed by atoms with Crippen molar-refractivity contribution in [3.05, 3.63) is 29.8 Å². The highest BCUT2D eigenvalue weighted by Crippen LogP contribution is 2.19. The summed E-state index contributed by atoms with van der Waals surface area (Å²) in [6, 6.07) is 7.13. The highest BCUT2D eigenvalue weighted by Gasteiger charge is 2.19. The SMILES string of the molecule is CC[C@@H]1CCCCN1CCCNC(=O)c1ccc(NS(C)(=O)=O)cc1. The molecule has 6 nitrogen and oxygen atoms in total. The van der Waals surface area contributed by atoms with Crippen LogP contribution in [0.5, 0.6) is 0 Å². The number of hydrogen-bond donors (Lipinski definition) is 2. The van der Waals surface area contributed by atoms with Crippen molar-refractivity contribution in [2.24, 2.45) is 0 Å². The Morgan fingerprint density at radius 3 is 2.60 bits per heavy atom. The average Bonchev–Trinajstić information content (AvgIpc) is 2.58. The Balaban J connectivity index is 1.74. The summed E-state index contributed by atoms with van der Waals surface area (Å²) in [5, 5.41) is 2.93. The van der Waals surface area contributed by atoms with Gasteiger partial charge in [0.15, 0.2) is 0 Å². The first-order valence-electron chi connectivity index (χ1n) is 8.99. The smallest absolute Gasteiger partial charge is 0.251 e. The van der Waals surface area contributed by atoms with Gasteiger partial charge < -0.3 is 10.2 Å². The van der Waals surface area contributed by atoms with Gasteiger partial charge in [0.25, 0.3) is 5.91 Å². The Labute approximate surface area is 151 Å². The fourth-order valence-electron chi connectivity index (χ4n) is 3.31. The Morgan fingerprint density at radius 1 is 1.24 bits per heavy atom. The molecule has 1 aliphatic rings. The maximum Gasteiger partial charge on any atom is 0.251 e. The molecule has 0 aliphatic carbocycles. The molecule has 1 aromatic rings. The molecular weight excluding hydrogens is 338 g/mol. The van der Waals surface area contributed by atoms with E-state index < -0.39 is 10.0 Å². The van der Waals surface area contributed by atoms with Crippen molar-refractivity contribution in [1.29, 1.82) is 0 Å². The monoisotopic (exact) mass is 367 g/mol. The lowest BCUT2D eigenvalue weighted by Crippen LogP contribution is -2.40. The number of carbonyl (C=O) groups excluding carboxylic acids is 1. The lowest BCUT2D eigenvalue weighted by Gasteiger charge is -2.35. The topological polar surface area (TPSA) is 78.5 Å². The minimum absolute atomic E-state index is 0.128. The van der Waals surface area contributed by atoms with E-state index in [9.17, 15) is 13.2 Å². The van der Waals surface area contributed by atoms with Crippen molar-refractivity contribution in [3.8, 4) is 0 Å². The summed E-state index contributed by atoms with van der Waals surface area (Å²) in [5.41, 5.74) is 0.984. The molecule has 1 heterocycles. The Bertz CT molecular complexity index is 659. The van der Waals surface area contributed by atoms with Gasteiger partial charge in [-0.25, -0.2) is 8.42 Å². The maximum absolute atomic E-state index is 12.1. The molecule has 2 N–H and O–H groups in total. The van der Waals surface area contributed by atoms with E-state index in [0.717, 1.165) is 19.2 Å². The number of sulfonamides is 1. The third-order valence-corrected chi connectivity index (χ3v) is 5.18. The largest absolute Gasteiger partial charge is 0.352 e. The van der Waals surface area contributed by atoms with Crippen LogP contribution >= 0.6 is 0 Å². The lowest BCUT2D eigenvalue weighted by molar-refractivity contribution is 0.0947. The van der Waals surface area contributed by atoms with Crippen LogP contribution in [0.25, 0.3) is 0 Å². The summed E-state index contributed by atoms with van der Waals surface area (Å²) in [6.07, 6.45) is 7.12. The molecule has 0 saturated carbocycles. The number of amides is 1. The number of hydrogen-bond acceptors (Lipinski definition) is 4. The zero-order chi connectivity index (χ0) is 18.3. The van der Waals surface area contributed by atoms with Crippen molar-refractivity contribution in [2.45, 2.75) is 45.1 Å². The van der Waals surface area contributed by atoms with Crippen LogP contribution in [0.4, 0.5) is 5.69 Å². The number of nitrogens with zero attached hydrogens (tertiary/aromatic N) is 1. The van der Waals surface area contributed by atoms with Crippen molar-refractivity contribution in [1.82, 2.24) is 10.2 Å². The van der Waals surface area contributed by atoms with E-state index in [2.05, 4.69) is 21.9 Å². The van der Waals surface area contributed by atoms with Crippen LogP contribution in [0.2, 0.25) is 0 Å². The number of rotatable bonds is 8. The first-order chi connectivity index (χ1) is 11.9. The van der Waals surface area contributed by atoms with E-state index in [1.165, 1.54) is 32.2 Å². The highest BCUT2D eigenvalue weighted by molar-refractivity contribution is 7.92. The molecule has 1 fully saturated rings. The predicted octanol–water partition coefficient (Wildman–Crippen LogP) is 2.44. The third-order valence-electron chi connectivity index (χ3n) is 4.58. The summed E-state index contributed by atoms with van der Waals surface area (Å²) in [7, 11) is -3.30. The van der Waals surface area contributed by atoms with E-state index in [0.29, 0.717) is 23.8 Å². The van der Waals surface area contributed by atoms with Gasteiger partial charge in [0.05, 0.1) is 6.26 Å². The van der Waals surface area contributed by atoms with Gasteiger partial charge in [-0.15, -0.1) is 0 Å². The Hall–Kier alpha value is -1.60. The van der Waals surface area contributed by atoms with Crippen LogP contribution in [-0.4, -0.2) is 51.2 Å². The standard InChI is InChI=1S/C18H29N3O3S/c1-3-17-7-4-5-13-21(17)14-6-12-19-18(22)15-8-10-16(11-9-15)20-25(2,23)24/h8-11,17,20H,3-7,12-14H2,1-2H3,(H,19,22)/t17-/m1/s1. The van der Waals surface area contributed by atoms with Crippen LogP contribution < -0.4 is 10.0 Å². The van der Waals surface area contributed by atoms with Gasteiger partial charge in [-0.05, 0) is 56.5 Å². The molecule has 1 aromatic carbocycles. The van der Waals surface area contributed by atoms with Crippen molar-refractivity contribution >= 4 is 21.6 Å². The van der Waals surface area contributed by atoms with Gasteiger partial charge in [-0.3, -0.25) is 9.52 Å². The molecule has 25 heavy (non-hydrogen) atoms. The second-order valence-corrected chi connectivity index (χ2v) is 8.40. The van der Waals surface area contributed by atoms with Gasteiger partial charge in [0, 0.05) is 30.4 Å². The quantitative estimate of drug-likeness (QED) is 0.692. The molecule has 0 radical (unpaired) electrons. The van der Waals surface area contributed by atoms with Crippen molar-refractivity contribution in [3.63, 3.8) is 0 Å². The summed E-state index contributed by atoms with van der Waals surface area (Å²) in [5.74, 6) is -0.128. The summed E-state index contributed by atoms with van der Waals surface area (Å²) < 4.78 is 24.7. The maximum atomic E-state index is 12.1. The minimum Gasteiger partial charge on any atom is -0.352 e.